The zero-order valence-electron chi connectivity index (χ0n) is 25.0. The highest BCUT2D eigenvalue weighted by Gasteiger charge is 2.39. The molecule has 0 spiro atoms. The van der Waals surface area contributed by atoms with Crippen LogP contribution < -0.4 is 4.74 Å². The van der Waals surface area contributed by atoms with E-state index in [1.807, 2.05) is 32.1 Å². The summed E-state index contributed by atoms with van der Waals surface area (Å²) in [6, 6.07) is 27.5. The standard InChI is InChI=1S/C37H36O2.C2H6/c1-4-31-30(23-39-34-19-24(2)15-17-33(31)34)22-26-16-18-32-29(21-26)20-25(3)35(37(32)38)36(27-11-7-5-8-12-27)28-13-9-6-10-14-28;1-2/h4-15,17,19-20,26,35-36H,1,16,18,21-23H2,2-3H3;1-2H3. The topological polar surface area (TPSA) is 26.3 Å². The molecule has 0 aromatic heterocycles. The molecular formula is C39H42O2. The molecule has 2 nitrogen and oxygen atoms in total. The zero-order valence-corrected chi connectivity index (χ0v) is 25.0. The van der Waals surface area contributed by atoms with Gasteiger partial charge in [0.15, 0.2) is 5.78 Å². The number of fused-ring (bicyclic) bond motifs is 1. The van der Waals surface area contributed by atoms with Gasteiger partial charge in [-0.05, 0) is 90.5 Å². The summed E-state index contributed by atoms with van der Waals surface area (Å²) >= 11 is 0. The third kappa shape index (κ3) is 5.79. The number of benzene rings is 3. The SMILES string of the molecule is C=CC1=C(CC2CCC3=C(C=C(C)C(C(c4ccccc4)c4ccccc4)C3=O)C2)COc2cc(C)ccc21.CC. The van der Waals surface area contributed by atoms with E-state index >= 15 is 0 Å². The Balaban J connectivity index is 0.00000165. The van der Waals surface area contributed by atoms with Crippen LogP contribution in [0.2, 0.25) is 0 Å². The maximum Gasteiger partial charge on any atom is 0.167 e. The normalized spacial score (nSPS) is 19.9. The first-order valence-electron chi connectivity index (χ1n) is 15.2. The van der Waals surface area contributed by atoms with Crippen molar-refractivity contribution in [1.29, 1.82) is 0 Å². The molecule has 6 rings (SSSR count). The third-order valence-corrected chi connectivity index (χ3v) is 8.77. The van der Waals surface area contributed by atoms with Gasteiger partial charge in [-0.15, -0.1) is 0 Å². The second-order valence-corrected chi connectivity index (χ2v) is 11.4. The molecule has 0 saturated heterocycles. The minimum absolute atomic E-state index is 0.0197. The van der Waals surface area contributed by atoms with Crippen LogP contribution in [-0.2, 0) is 4.79 Å². The van der Waals surface area contributed by atoms with Crippen molar-refractivity contribution >= 4 is 11.4 Å². The van der Waals surface area contributed by atoms with Crippen LogP contribution >= 0.6 is 0 Å². The molecule has 0 radical (unpaired) electrons. The molecule has 0 fully saturated rings. The molecule has 41 heavy (non-hydrogen) atoms. The van der Waals surface area contributed by atoms with E-state index < -0.39 is 0 Å². The monoisotopic (exact) mass is 542 g/mol. The largest absolute Gasteiger partial charge is 0.489 e. The Hall–Kier alpha value is -3.91. The van der Waals surface area contributed by atoms with Gasteiger partial charge in [-0.3, -0.25) is 4.79 Å². The molecule has 2 heteroatoms. The summed E-state index contributed by atoms with van der Waals surface area (Å²) in [7, 11) is 0. The Bertz CT molecular complexity index is 1460. The average Bonchev–Trinajstić information content (AvgIpc) is 3.01. The Morgan fingerprint density at radius 3 is 2.24 bits per heavy atom. The van der Waals surface area contributed by atoms with Gasteiger partial charge in [-0.25, -0.2) is 0 Å². The van der Waals surface area contributed by atoms with E-state index in [-0.39, 0.29) is 11.8 Å². The molecule has 0 amide bonds. The second-order valence-electron chi connectivity index (χ2n) is 11.4. The summed E-state index contributed by atoms with van der Waals surface area (Å²) < 4.78 is 6.17. The van der Waals surface area contributed by atoms with Crippen LogP contribution in [-0.4, -0.2) is 12.4 Å². The number of hydrogen-bond donors (Lipinski definition) is 0. The summed E-state index contributed by atoms with van der Waals surface area (Å²) in [5, 5.41) is 0. The number of carbonyl (C=O) groups is 1. The van der Waals surface area contributed by atoms with Gasteiger partial charge in [0.2, 0.25) is 0 Å². The number of rotatable bonds is 6. The van der Waals surface area contributed by atoms with Crippen LogP contribution in [0, 0.1) is 18.8 Å². The maximum absolute atomic E-state index is 14.2. The fraction of sp³-hybridized carbons (Fsp3) is 0.308. The van der Waals surface area contributed by atoms with Crippen molar-refractivity contribution < 1.29 is 9.53 Å². The molecule has 0 saturated carbocycles. The fourth-order valence-electron chi connectivity index (χ4n) is 6.89. The minimum atomic E-state index is -0.160. The average molecular weight is 543 g/mol. The van der Waals surface area contributed by atoms with E-state index in [4.69, 9.17) is 4.74 Å². The van der Waals surface area contributed by atoms with E-state index in [2.05, 4.69) is 93.2 Å². The number of ketones is 1. The van der Waals surface area contributed by atoms with Crippen LogP contribution in [0.4, 0.5) is 0 Å². The van der Waals surface area contributed by atoms with E-state index in [0.29, 0.717) is 18.3 Å². The van der Waals surface area contributed by atoms with Gasteiger partial charge in [0.05, 0.1) is 5.92 Å². The first kappa shape index (κ1) is 28.6. The molecule has 3 aliphatic rings. The van der Waals surface area contributed by atoms with Crippen LogP contribution in [0.3, 0.4) is 0 Å². The summed E-state index contributed by atoms with van der Waals surface area (Å²) in [5.74, 6) is 1.63. The van der Waals surface area contributed by atoms with Crippen molar-refractivity contribution in [3.8, 4) is 5.75 Å². The number of allylic oxidation sites excluding steroid dienone is 6. The summed E-state index contributed by atoms with van der Waals surface area (Å²) in [6.07, 6.45) is 8.13. The van der Waals surface area contributed by atoms with Crippen LogP contribution in [0.25, 0.3) is 5.57 Å². The van der Waals surface area contributed by atoms with Gasteiger partial charge in [0.1, 0.15) is 12.4 Å². The molecule has 210 valence electrons. The smallest absolute Gasteiger partial charge is 0.167 e. The first-order chi connectivity index (χ1) is 20.0. The minimum Gasteiger partial charge on any atom is -0.489 e. The van der Waals surface area contributed by atoms with Crippen molar-refractivity contribution in [2.24, 2.45) is 11.8 Å². The van der Waals surface area contributed by atoms with Gasteiger partial charge in [0, 0.05) is 11.5 Å². The van der Waals surface area contributed by atoms with Crippen LogP contribution in [0.15, 0.2) is 120 Å². The van der Waals surface area contributed by atoms with Gasteiger partial charge in [0.25, 0.3) is 0 Å². The molecule has 1 heterocycles. The molecule has 3 aromatic carbocycles. The number of ether oxygens (including phenoxy) is 1. The van der Waals surface area contributed by atoms with Crippen molar-refractivity contribution in [2.75, 3.05) is 6.61 Å². The van der Waals surface area contributed by atoms with Crippen molar-refractivity contribution in [1.82, 2.24) is 0 Å². The molecule has 3 aromatic rings. The van der Waals surface area contributed by atoms with Crippen molar-refractivity contribution in [2.45, 2.75) is 59.3 Å². The number of hydrogen-bond acceptors (Lipinski definition) is 2. The molecule has 0 N–H and O–H groups in total. The van der Waals surface area contributed by atoms with E-state index in [0.717, 1.165) is 42.6 Å². The number of carbonyl (C=O) groups excluding carboxylic acids is 1. The van der Waals surface area contributed by atoms with Crippen LogP contribution in [0.5, 0.6) is 5.75 Å². The highest BCUT2D eigenvalue weighted by atomic mass is 16.5. The van der Waals surface area contributed by atoms with Crippen LogP contribution in [0.1, 0.15) is 74.6 Å². The highest BCUT2D eigenvalue weighted by Crippen LogP contribution is 2.46. The quantitative estimate of drug-likeness (QED) is 0.310. The Morgan fingerprint density at radius 2 is 1.61 bits per heavy atom. The lowest BCUT2D eigenvalue weighted by molar-refractivity contribution is -0.119. The lowest BCUT2D eigenvalue weighted by Gasteiger charge is -2.36. The van der Waals surface area contributed by atoms with E-state index in [1.54, 1.807) is 0 Å². The predicted molar refractivity (Wildman–Crippen MR) is 171 cm³/mol. The van der Waals surface area contributed by atoms with E-state index in [1.165, 1.54) is 39.0 Å². The summed E-state index contributed by atoms with van der Waals surface area (Å²) in [5.41, 5.74) is 10.8. The molecule has 2 unspecified atom stereocenters. The predicted octanol–water partition coefficient (Wildman–Crippen LogP) is 9.82. The van der Waals surface area contributed by atoms with Crippen molar-refractivity contribution in [3.05, 3.63) is 142 Å². The Morgan fingerprint density at radius 1 is 0.951 bits per heavy atom. The summed E-state index contributed by atoms with van der Waals surface area (Å²) in [4.78, 5) is 14.2. The Kier molecular flexibility index (Phi) is 8.88. The molecular weight excluding hydrogens is 500 g/mol. The number of Topliss-reactive ketones (excluding diaryl/α,β-unsaturated/α-hetero) is 1. The van der Waals surface area contributed by atoms with E-state index in [9.17, 15) is 4.79 Å². The van der Waals surface area contributed by atoms with Gasteiger partial charge in [-0.1, -0.05) is 111 Å². The first-order valence-corrected chi connectivity index (χ1v) is 15.2. The molecule has 1 aliphatic heterocycles. The van der Waals surface area contributed by atoms with Gasteiger partial charge < -0.3 is 4.74 Å². The molecule has 0 bridgehead atoms. The second kappa shape index (κ2) is 12.7. The lowest BCUT2D eigenvalue weighted by Crippen LogP contribution is -2.31. The lowest BCUT2D eigenvalue weighted by atomic mass is 9.67. The fourth-order valence-corrected chi connectivity index (χ4v) is 6.89. The maximum atomic E-state index is 14.2. The molecule has 2 atom stereocenters. The Labute approximate surface area is 246 Å². The summed E-state index contributed by atoms with van der Waals surface area (Å²) in [6.45, 7) is 13.0. The third-order valence-electron chi connectivity index (χ3n) is 8.77. The van der Waals surface area contributed by atoms with Crippen molar-refractivity contribution in [3.63, 3.8) is 0 Å². The zero-order chi connectivity index (χ0) is 28.9. The molecule has 2 aliphatic carbocycles. The number of aryl methyl sites for hydroxylation is 1. The van der Waals surface area contributed by atoms with Gasteiger partial charge in [-0.2, -0.15) is 0 Å². The van der Waals surface area contributed by atoms with Gasteiger partial charge >= 0.3 is 0 Å². The highest BCUT2D eigenvalue weighted by molar-refractivity contribution is 6.02.